The number of hydrogen-bond donors (Lipinski definition) is 1. The van der Waals surface area contributed by atoms with Gasteiger partial charge in [0.1, 0.15) is 0 Å². The summed E-state index contributed by atoms with van der Waals surface area (Å²) >= 11 is 0. The van der Waals surface area contributed by atoms with Crippen molar-refractivity contribution in [2.45, 2.75) is 32.6 Å². The molecule has 2 heteroatoms. The van der Waals surface area contributed by atoms with Crippen molar-refractivity contribution in [2.75, 3.05) is 5.73 Å². The normalized spacial score (nSPS) is 11.6. The van der Waals surface area contributed by atoms with E-state index in [4.69, 9.17) is 11.0 Å². The fraction of sp³-hybridized carbons (Fsp3) is 0.357. The summed E-state index contributed by atoms with van der Waals surface area (Å²) in [7, 11) is 0. The summed E-state index contributed by atoms with van der Waals surface area (Å²) in [5.74, 6) is 0. The van der Waals surface area contributed by atoms with Gasteiger partial charge in [-0.2, -0.15) is 5.26 Å². The molecule has 0 heterocycles. The molecule has 2 N–H and O–H groups in total. The molecule has 0 saturated heterocycles. The first-order valence-corrected chi connectivity index (χ1v) is 5.38. The molecule has 84 valence electrons. The Kier molecular flexibility index (Phi) is 3.73. The number of nitrogens with two attached hydrogens (primary N) is 1. The number of rotatable bonds is 2. The monoisotopic (exact) mass is 214 g/mol. The van der Waals surface area contributed by atoms with Crippen LogP contribution in [0, 0.1) is 11.3 Å². The molecule has 1 aromatic carbocycles. The van der Waals surface area contributed by atoms with E-state index in [-0.39, 0.29) is 5.41 Å². The van der Waals surface area contributed by atoms with Gasteiger partial charge >= 0.3 is 0 Å². The van der Waals surface area contributed by atoms with Crippen LogP contribution in [0.2, 0.25) is 0 Å². The largest absolute Gasteiger partial charge is 0.398 e. The Morgan fingerprint density at radius 2 is 2.06 bits per heavy atom. The van der Waals surface area contributed by atoms with Crippen molar-refractivity contribution in [3.63, 3.8) is 0 Å². The summed E-state index contributed by atoms with van der Waals surface area (Å²) in [4.78, 5) is 0. The summed E-state index contributed by atoms with van der Waals surface area (Å²) in [6.07, 6.45) is 4.16. The van der Waals surface area contributed by atoms with Crippen molar-refractivity contribution < 1.29 is 0 Å². The third-order valence-corrected chi connectivity index (χ3v) is 2.46. The zero-order valence-corrected chi connectivity index (χ0v) is 10.1. The molecular formula is C14H18N2. The molecule has 0 aromatic heterocycles. The molecule has 0 atom stereocenters. The Bertz CT molecular complexity index is 431. The Balaban J connectivity index is 3.05. The zero-order valence-electron chi connectivity index (χ0n) is 10.1. The van der Waals surface area contributed by atoms with Crippen LogP contribution < -0.4 is 5.73 Å². The maximum Gasteiger partial charge on any atom is 0.0663 e. The van der Waals surface area contributed by atoms with Crippen LogP contribution in [0.25, 0.3) is 6.08 Å². The summed E-state index contributed by atoms with van der Waals surface area (Å²) in [5, 5.41) is 8.46. The molecule has 0 fully saturated rings. The average Bonchev–Trinajstić information content (AvgIpc) is 2.19. The van der Waals surface area contributed by atoms with Gasteiger partial charge in [0.15, 0.2) is 0 Å². The molecule has 0 aliphatic heterocycles. The van der Waals surface area contributed by atoms with E-state index in [9.17, 15) is 0 Å². The standard InChI is InChI=1S/C14H18N2/c1-14(2,3)12-7-8-13(16)11(10-12)6-4-5-9-15/h4,6-8,10H,5,16H2,1-3H3. The van der Waals surface area contributed by atoms with Crippen molar-refractivity contribution in [3.05, 3.63) is 35.4 Å². The van der Waals surface area contributed by atoms with Gasteiger partial charge in [0.05, 0.1) is 12.5 Å². The fourth-order valence-electron chi connectivity index (χ4n) is 1.42. The van der Waals surface area contributed by atoms with Gasteiger partial charge in [-0.3, -0.25) is 0 Å². The average molecular weight is 214 g/mol. The number of hydrogen-bond acceptors (Lipinski definition) is 2. The van der Waals surface area contributed by atoms with E-state index in [0.29, 0.717) is 6.42 Å². The molecule has 1 rings (SSSR count). The number of nitrogens with zero attached hydrogens (tertiary/aromatic N) is 1. The highest BCUT2D eigenvalue weighted by molar-refractivity contribution is 5.65. The smallest absolute Gasteiger partial charge is 0.0663 e. The lowest BCUT2D eigenvalue weighted by atomic mass is 9.86. The van der Waals surface area contributed by atoms with Gasteiger partial charge in [0.2, 0.25) is 0 Å². The van der Waals surface area contributed by atoms with Crippen LogP contribution in [0.15, 0.2) is 24.3 Å². The molecule has 2 nitrogen and oxygen atoms in total. The lowest BCUT2D eigenvalue weighted by Crippen LogP contribution is -2.11. The summed E-state index contributed by atoms with van der Waals surface area (Å²) < 4.78 is 0. The number of anilines is 1. The van der Waals surface area contributed by atoms with E-state index < -0.39 is 0 Å². The first-order chi connectivity index (χ1) is 7.45. The highest BCUT2D eigenvalue weighted by Crippen LogP contribution is 2.26. The third-order valence-electron chi connectivity index (χ3n) is 2.46. The molecule has 1 aromatic rings. The Labute approximate surface area is 97.4 Å². The van der Waals surface area contributed by atoms with Gasteiger partial charge < -0.3 is 5.73 Å². The minimum atomic E-state index is 0.117. The number of benzene rings is 1. The second-order valence-corrected chi connectivity index (χ2v) is 4.86. The van der Waals surface area contributed by atoms with Crippen LogP contribution in [0.5, 0.6) is 0 Å². The predicted octanol–water partition coefficient (Wildman–Crippen LogP) is 3.49. The van der Waals surface area contributed by atoms with Crippen molar-refractivity contribution in [1.29, 1.82) is 5.26 Å². The van der Waals surface area contributed by atoms with Gasteiger partial charge in [-0.25, -0.2) is 0 Å². The number of nitrogen functional groups attached to an aromatic ring is 1. The van der Waals surface area contributed by atoms with Crippen molar-refractivity contribution in [2.24, 2.45) is 0 Å². The lowest BCUT2D eigenvalue weighted by Gasteiger charge is -2.20. The first-order valence-electron chi connectivity index (χ1n) is 5.38. The molecule has 16 heavy (non-hydrogen) atoms. The SMILES string of the molecule is CC(C)(C)c1ccc(N)c(C=CCC#N)c1. The van der Waals surface area contributed by atoms with Crippen LogP contribution in [0.4, 0.5) is 5.69 Å². The topological polar surface area (TPSA) is 49.8 Å². The Morgan fingerprint density at radius 1 is 1.38 bits per heavy atom. The molecule has 0 bridgehead atoms. The van der Waals surface area contributed by atoms with Gasteiger partial charge in [-0.05, 0) is 28.7 Å². The molecule has 0 saturated carbocycles. The molecule has 0 radical (unpaired) electrons. The minimum Gasteiger partial charge on any atom is -0.398 e. The quantitative estimate of drug-likeness (QED) is 0.766. The summed E-state index contributed by atoms with van der Waals surface area (Å²) in [5.41, 5.74) is 8.99. The van der Waals surface area contributed by atoms with Gasteiger partial charge in [-0.1, -0.05) is 39.0 Å². The van der Waals surface area contributed by atoms with Crippen molar-refractivity contribution in [1.82, 2.24) is 0 Å². The zero-order chi connectivity index (χ0) is 12.2. The molecule has 0 aliphatic carbocycles. The molecular weight excluding hydrogens is 196 g/mol. The van der Waals surface area contributed by atoms with Crippen molar-refractivity contribution >= 4 is 11.8 Å². The maximum absolute atomic E-state index is 8.46. The third kappa shape index (κ3) is 3.13. The van der Waals surface area contributed by atoms with E-state index in [2.05, 4.69) is 39.0 Å². The van der Waals surface area contributed by atoms with E-state index in [1.165, 1.54) is 5.56 Å². The molecule has 0 spiro atoms. The van der Waals surface area contributed by atoms with E-state index in [0.717, 1.165) is 11.3 Å². The highest BCUT2D eigenvalue weighted by atomic mass is 14.6. The summed E-state index contributed by atoms with van der Waals surface area (Å²) in [6.45, 7) is 6.50. The lowest BCUT2D eigenvalue weighted by molar-refractivity contribution is 0.590. The Morgan fingerprint density at radius 3 is 2.62 bits per heavy atom. The van der Waals surface area contributed by atoms with Crippen LogP contribution in [-0.2, 0) is 5.41 Å². The van der Waals surface area contributed by atoms with Gasteiger partial charge in [-0.15, -0.1) is 0 Å². The van der Waals surface area contributed by atoms with Crippen LogP contribution >= 0.6 is 0 Å². The van der Waals surface area contributed by atoms with Gasteiger partial charge in [0, 0.05) is 5.69 Å². The molecule has 0 unspecified atom stereocenters. The van der Waals surface area contributed by atoms with E-state index >= 15 is 0 Å². The van der Waals surface area contributed by atoms with Crippen molar-refractivity contribution in [3.8, 4) is 6.07 Å². The Hall–Kier alpha value is -1.75. The predicted molar refractivity (Wildman–Crippen MR) is 68.8 cm³/mol. The molecule has 0 amide bonds. The number of nitriles is 1. The fourth-order valence-corrected chi connectivity index (χ4v) is 1.42. The second kappa shape index (κ2) is 4.85. The molecule has 0 aliphatic rings. The van der Waals surface area contributed by atoms with E-state index in [1.807, 2.05) is 18.2 Å². The summed E-state index contributed by atoms with van der Waals surface area (Å²) in [6, 6.07) is 8.14. The highest BCUT2D eigenvalue weighted by Gasteiger charge is 2.13. The second-order valence-electron chi connectivity index (χ2n) is 4.86. The first kappa shape index (κ1) is 12.3. The number of allylic oxidation sites excluding steroid dienone is 1. The van der Waals surface area contributed by atoms with E-state index in [1.54, 1.807) is 0 Å². The minimum absolute atomic E-state index is 0.117. The van der Waals surface area contributed by atoms with Crippen LogP contribution in [0.1, 0.15) is 38.3 Å². The van der Waals surface area contributed by atoms with Gasteiger partial charge in [0.25, 0.3) is 0 Å². The van der Waals surface area contributed by atoms with Crippen LogP contribution in [-0.4, -0.2) is 0 Å². The maximum atomic E-state index is 8.46. The van der Waals surface area contributed by atoms with Crippen LogP contribution in [0.3, 0.4) is 0 Å².